The highest BCUT2D eigenvalue weighted by molar-refractivity contribution is 5.98. The van der Waals surface area contributed by atoms with E-state index >= 15 is 14.4 Å². The van der Waals surface area contributed by atoms with E-state index in [0.717, 1.165) is 16.7 Å². The largest absolute Gasteiger partial charge is 0.467 e. The number of hydrogen-bond donors (Lipinski definition) is 8. The van der Waals surface area contributed by atoms with Gasteiger partial charge in [-0.1, -0.05) is 169 Å². The Balaban J connectivity index is 1.38. The van der Waals surface area contributed by atoms with Crippen LogP contribution in [0.3, 0.4) is 0 Å². The second-order valence-electron chi connectivity index (χ2n) is 27.5. The highest BCUT2D eigenvalue weighted by atomic mass is 16.6. The molecule has 0 bridgehead atoms. The van der Waals surface area contributed by atoms with Crippen molar-refractivity contribution in [2.45, 2.75) is 194 Å². The molecule has 2 heterocycles. The maximum absolute atomic E-state index is 15.5. The van der Waals surface area contributed by atoms with Crippen molar-refractivity contribution >= 4 is 53.4 Å². The van der Waals surface area contributed by atoms with Gasteiger partial charge in [-0.25, -0.2) is 19.6 Å². The summed E-state index contributed by atoms with van der Waals surface area (Å²) in [5.74, 6) is -7.71. The monoisotopic (exact) mass is 1350 g/mol. The minimum absolute atomic E-state index is 0.0559. The maximum atomic E-state index is 15.5. The first kappa shape index (κ1) is 77.3. The van der Waals surface area contributed by atoms with E-state index in [1.807, 2.05) is 102 Å². The van der Waals surface area contributed by atoms with Crippen LogP contribution in [0.25, 0.3) is 0 Å². The fraction of sp³-hybridized carbons (Fsp3) is 0.473. The molecule has 0 aliphatic heterocycles. The molecule has 0 unspecified atom stereocenters. The van der Waals surface area contributed by atoms with Crippen LogP contribution in [-0.4, -0.2) is 145 Å². The van der Waals surface area contributed by atoms with Gasteiger partial charge in [-0.15, -0.1) is 0 Å². The number of amides is 8. The number of imidazole rings is 2. The third kappa shape index (κ3) is 21.6. The van der Waals surface area contributed by atoms with Crippen molar-refractivity contribution in [1.82, 2.24) is 61.6 Å². The minimum Gasteiger partial charge on any atom is -0.467 e. The summed E-state index contributed by atoms with van der Waals surface area (Å²) in [5, 5.41) is 22.2. The Hall–Kier alpha value is -9.71. The number of ether oxygens (including phenoxy) is 3. The number of alkyl carbamates (subject to hydrolysis) is 1. The van der Waals surface area contributed by atoms with E-state index in [1.165, 1.54) is 14.0 Å². The zero-order chi connectivity index (χ0) is 72.2. The predicted octanol–water partition coefficient (Wildman–Crippen LogP) is 6.53. The molecular weight excluding hydrogens is 1250 g/mol. The third-order valence-corrected chi connectivity index (χ3v) is 16.5. The number of nitrogens with one attached hydrogen (secondary N) is 8. The molecule has 24 nitrogen and oxygen atoms in total. The molecule has 24 heteroatoms. The highest BCUT2D eigenvalue weighted by Crippen LogP contribution is 2.41. The Morgan fingerprint density at radius 3 is 1.34 bits per heavy atom. The van der Waals surface area contributed by atoms with Crippen molar-refractivity contribution in [3.63, 3.8) is 0 Å². The van der Waals surface area contributed by atoms with Gasteiger partial charge in [0.1, 0.15) is 59.5 Å². The molecule has 8 N–H and O–H groups in total. The Morgan fingerprint density at radius 2 is 0.867 bits per heavy atom. The van der Waals surface area contributed by atoms with Crippen LogP contribution < -0.4 is 42.5 Å². The van der Waals surface area contributed by atoms with Crippen LogP contribution in [0.4, 0.5) is 4.79 Å². The van der Waals surface area contributed by atoms with E-state index in [-0.39, 0.29) is 25.2 Å². The Labute approximate surface area is 575 Å². The second kappa shape index (κ2) is 35.0. The molecule has 4 aromatic carbocycles. The summed E-state index contributed by atoms with van der Waals surface area (Å²) < 4.78 is 20.3. The average molecular weight is 1350 g/mol. The number of benzene rings is 4. The van der Waals surface area contributed by atoms with Gasteiger partial charge in [0.05, 0.1) is 42.9 Å². The van der Waals surface area contributed by atoms with Gasteiger partial charge in [0, 0.05) is 38.7 Å². The van der Waals surface area contributed by atoms with Crippen LogP contribution >= 0.6 is 0 Å². The van der Waals surface area contributed by atoms with Crippen molar-refractivity contribution < 1.29 is 57.4 Å². The van der Waals surface area contributed by atoms with Crippen molar-refractivity contribution in [2.24, 2.45) is 24.8 Å². The smallest absolute Gasteiger partial charge is 0.408 e. The van der Waals surface area contributed by atoms with E-state index in [1.54, 1.807) is 150 Å². The van der Waals surface area contributed by atoms with Gasteiger partial charge in [-0.05, 0) is 95.4 Å². The number of aromatic nitrogens is 4. The summed E-state index contributed by atoms with van der Waals surface area (Å²) in [5.41, 5.74) is 1.37. The molecule has 2 aromatic heterocycles. The first-order valence-electron chi connectivity index (χ1n) is 33.3. The van der Waals surface area contributed by atoms with Crippen LogP contribution in [0.2, 0.25) is 0 Å². The molecule has 0 saturated heterocycles. The van der Waals surface area contributed by atoms with Gasteiger partial charge in [-0.3, -0.25) is 33.6 Å². The number of nitrogens with zero attached hydrogens (tertiary/aromatic N) is 4. The lowest BCUT2D eigenvalue weighted by Crippen LogP contribution is -2.63. The number of aryl methyl sites for hydroxylation is 1. The van der Waals surface area contributed by atoms with E-state index in [4.69, 9.17) is 19.2 Å². The molecule has 10 atom stereocenters. The number of esters is 1. The summed E-state index contributed by atoms with van der Waals surface area (Å²) in [4.78, 5) is 138. The molecule has 8 amide bonds. The molecule has 0 aliphatic carbocycles. The molecule has 0 fully saturated rings. The number of carbonyl (C=O) groups is 9. The lowest BCUT2D eigenvalue weighted by molar-refractivity contribution is -0.148. The van der Waals surface area contributed by atoms with Crippen LogP contribution in [0.1, 0.15) is 137 Å². The summed E-state index contributed by atoms with van der Waals surface area (Å²) in [6.45, 7) is 23.8. The van der Waals surface area contributed by atoms with Crippen LogP contribution in [0.5, 0.6) is 0 Å². The Kier molecular flexibility index (Phi) is 27.6. The third-order valence-electron chi connectivity index (χ3n) is 16.5. The van der Waals surface area contributed by atoms with E-state index < -0.39 is 136 Å². The van der Waals surface area contributed by atoms with Gasteiger partial charge in [-0.2, -0.15) is 0 Å². The SMILES string of the molecule is CC[C@H](C)[C@H](NC(=O)[C@@H](NC(=O)[C@H](NC(=O)[C@@H](Cc1ccccc1)NC(=O)[C@H](Cc1cn(C(c2ccccc2)(c2ccccc2)c2ccccc2)cn1)NC(=O)[C@H](NC(=O)[C@H](C)NC(=O)[C@H](Cc1cn(C)cn1)NC(=O)OC(C)(C)C)C(C)C)C(C)C)[C@@H](C)OC(C)(C)C)C(=O)OC. The molecular formula is C74H100N12O12. The number of methoxy groups -OCH3 is 1. The van der Waals surface area contributed by atoms with Gasteiger partial charge in [0.25, 0.3) is 0 Å². The summed E-state index contributed by atoms with van der Waals surface area (Å²) in [6.07, 6.45) is 4.92. The number of carbonyl (C=O) groups excluding carboxylic acids is 9. The molecule has 6 aromatic rings. The second-order valence-corrected chi connectivity index (χ2v) is 27.5. The molecule has 0 saturated carbocycles. The average Bonchev–Trinajstić information content (AvgIpc) is 1.26. The zero-order valence-electron chi connectivity index (χ0n) is 59.3. The fourth-order valence-corrected chi connectivity index (χ4v) is 11.4. The Bertz CT molecular complexity index is 3530. The van der Waals surface area contributed by atoms with Gasteiger partial charge in [0.2, 0.25) is 41.4 Å². The molecule has 0 radical (unpaired) electrons. The standard InChI is InChI=1S/C74H100N12O12/c1-17-47(6)61(70(94)96-16)83-69(93)62(49(8)97-72(9,10)11)84-68(92)60(46(4)5)82-66(90)56(38-50-30-22-18-23-31-50)78-65(89)57(40-55-42-86(44-76-55)74(51-32-24-19-25-33-51,52-34-26-20-27-35-52)53-36-28-21-29-37-53)79-67(91)59(45(2)3)81-63(87)48(7)77-64(88)58(39-54-41-85(15)43-75-54)80-71(95)98-73(12,13)14/h18-37,41-49,56-62H,17,38-40H2,1-16H3,(H,77,88)(H,78,89)(H,79,91)(H,80,95)(H,81,87)(H,82,90)(H,83,93)(H,84,92)/t47-,48-,49+,56+,57-,58-,59+,60+,61-,62-/m0/s1. The molecule has 98 heavy (non-hydrogen) atoms. The van der Waals surface area contributed by atoms with Crippen LogP contribution in [0, 0.1) is 17.8 Å². The number of rotatable bonds is 32. The van der Waals surface area contributed by atoms with Crippen molar-refractivity contribution in [3.05, 3.63) is 180 Å². The predicted molar refractivity (Wildman–Crippen MR) is 371 cm³/mol. The zero-order valence-corrected chi connectivity index (χ0v) is 59.3. The highest BCUT2D eigenvalue weighted by Gasteiger charge is 2.42. The van der Waals surface area contributed by atoms with Gasteiger partial charge < -0.3 is 65.9 Å². The Morgan fingerprint density at radius 1 is 0.459 bits per heavy atom. The van der Waals surface area contributed by atoms with Crippen molar-refractivity contribution in [2.75, 3.05) is 7.11 Å². The van der Waals surface area contributed by atoms with E-state index in [0.29, 0.717) is 23.4 Å². The van der Waals surface area contributed by atoms with E-state index in [2.05, 4.69) is 47.5 Å². The van der Waals surface area contributed by atoms with Crippen molar-refractivity contribution in [1.29, 1.82) is 0 Å². The summed E-state index contributed by atoms with van der Waals surface area (Å²) >= 11 is 0. The lowest BCUT2D eigenvalue weighted by atomic mass is 9.77. The first-order chi connectivity index (χ1) is 46.2. The van der Waals surface area contributed by atoms with Crippen LogP contribution in [-0.2, 0) is 84.4 Å². The van der Waals surface area contributed by atoms with Crippen LogP contribution in [0.15, 0.2) is 146 Å². The van der Waals surface area contributed by atoms with Gasteiger partial charge >= 0.3 is 12.1 Å². The molecule has 528 valence electrons. The normalized spacial score (nSPS) is 14.9. The quantitative estimate of drug-likeness (QED) is 0.0165. The maximum Gasteiger partial charge on any atom is 0.408 e. The topological polar surface area (TPSA) is 313 Å². The van der Waals surface area contributed by atoms with Gasteiger partial charge in [0.15, 0.2) is 0 Å². The number of hydrogen-bond acceptors (Lipinski definition) is 14. The first-order valence-corrected chi connectivity index (χ1v) is 33.3. The van der Waals surface area contributed by atoms with E-state index in [9.17, 15) is 28.8 Å². The lowest BCUT2D eigenvalue weighted by Gasteiger charge is -2.37. The minimum atomic E-state index is -1.52. The summed E-state index contributed by atoms with van der Waals surface area (Å²) in [6, 6.07) is 27.9. The summed E-state index contributed by atoms with van der Waals surface area (Å²) in [7, 11) is 2.97. The fourth-order valence-electron chi connectivity index (χ4n) is 11.4. The van der Waals surface area contributed by atoms with Crippen molar-refractivity contribution in [3.8, 4) is 0 Å². The molecule has 6 rings (SSSR count). The molecule has 0 aliphatic rings. The molecule has 0 spiro atoms.